The summed E-state index contributed by atoms with van der Waals surface area (Å²) in [7, 11) is 1.55. The number of methoxy groups -OCH3 is 1. The third-order valence-corrected chi connectivity index (χ3v) is 8.70. The fraction of sp³-hybridized carbons (Fsp3) is 0.421. The largest absolute Gasteiger partial charge is 0.463 e. The molecular formula is C38H43BrO11. The van der Waals surface area contributed by atoms with Gasteiger partial charge < -0.3 is 42.6 Å². The third-order valence-electron chi connectivity index (χ3n) is 8.06. The minimum atomic E-state index is -0.933. The Hall–Kier alpha value is -3.46. The van der Waals surface area contributed by atoms with E-state index in [4.69, 9.17) is 42.6 Å². The summed E-state index contributed by atoms with van der Waals surface area (Å²) < 4.78 is 55.7. The van der Waals surface area contributed by atoms with Crippen molar-refractivity contribution in [3.63, 3.8) is 0 Å². The first-order valence-electron chi connectivity index (χ1n) is 16.4. The van der Waals surface area contributed by atoms with E-state index in [1.807, 2.05) is 91.0 Å². The molecule has 0 aliphatic carbocycles. The molecule has 0 aromatic heterocycles. The van der Waals surface area contributed by atoms with Crippen molar-refractivity contribution in [3.05, 3.63) is 118 Å². The molecule has 2 aliphatic rings. The number of ether oxygens (including phenoxy) is 9. The lowest BCUT2D eigenvalue weighted by atomic mass is 9.97. The van der Waals surface area contributed by atoms with Gasteiger partial charge in [-0.05, 0) is 22.8 Å². The molecular weight excluding hydrogens is 712 g/mol. The molecule has 12 heteroatoms. The zero-order valence-electron chi connectivity index (χ0n) is 28.3. The van der Waals surface area contributed by atoms with Crippen LogP contribution in [0.15, 0.2) is 102 Å². The highest BCUT2D eigenvalue weighted by atomic mass is 79.9. The Morgan fingerprint density at radius 1 is 0.640 bits per heavy atom. The SMILES string of the molecule is COC1OC(COC2OC(COC(C)=O)C(OC(C)=O)C=C2Br)C(OCc2ccccc2)C(OCc2ccccc2)C1OCc1ccccc1. The number of hydrogen-bond donors (Lipinski definition) is 0. The maximum Gasteiger partial charge on any atom is 0.303 e. The number of hydrogen-bond acceptors (Lipinski definition) is 11. The number of benzene rings is 3. The predicted octanol–water partition coefficient (Wildman–Crippen LogP) is 5.63. The van der Waals surface area contributed by atoms with Crippen molar-refractivity contribution in [2.75, 3.05) is 20.3 Å². The third kappa shape index (κ3) is 11.0. The van der Waals surface area contributed by atoms with E-state index in [9.17, 15) is 9.59 Å². The molecule has 2 aliphatic heterocycles. The molecule has 11 nitrogen and oxygen atoms in total. The number of rotatable bonds is 16. The van der Waals surface area contributed by atoms with E-state index >= 15 is 0 Å². The summed E-state index contributed by atoms with van der Waals surface area (Å²) in [6.45, 7) is 3.30. The van der Waals surface area contributed by atoms with Crippen LogP contribution < -0.4 is 0 Å². The van der Waals surface area contributed by atoms with Gasteiger partial charge in [0.1, 0.15) is 37.1 Å². The molecule has 3 aromatic carbocycles. The summed E-state index contributed by atoms with van der Waals surface area (Å²) in [6.07, 6.45) is -4.42. The van der Waals surface area contributed by atoms with Crippen LogP contribution in [0.25, 0.3) is 0 Å². The van der Waals surface area contributed by atoms with Gasteiger partial charge in [-0.15, -0.1) is 0 Å². The van der Waals surface area contributed by atoms with Gasteiger partial charge in [0.25, 0.3) is 0 Å². The molecule has 1 saturated heterocycles. The van der Waals surface area contributed by atoms with Crippen molar-refractivity contribution in [2.24, 2.45) is 0 Å². The van der Waals surface area contributed by atoms with Gasteiger partial charge in [-0.1, -0.05) is 107 Å². The second-order valence-corrected chi connectivity index (χ2v) is 12.7. The zero-order chi connectivity index (χ0) is 35.3. The number of carbonyl (C=O) groups excluding carboxylic acids is 2. The Balaban J connectivity index is 1.40. The van der Waals surface area contributed by atoms with Crippen LogP contribution in [0.5, 0.6) is 0 Å². The van der Waals surface area contributed by atoms with Crippen molar-refractivity contribution >= 4 is 27.9 Å². The van der Waals surface area contributed by atoms with E-state index in [1.54, 1.807) is 13.2 Å². The Kier molecular flexibility index (Phi) is 14.5. The van der Waals surface area contributed by atoms with Crippen molar-refractivity contribution in [3.8, 4) is 0 Å². The highest BCUT2D eigenvalue weighted by molar-refractivity contribution is 9.11. The molecule has 0 bridgehead atoms. The lowest BCUT2D eigenvalue weighted by Crippen LogP contribution is -2.61. The molecule has 0 N–H and O–H groups in total. The molecule has 0 amide bonds. The van der Waals surface area contributed by atoms with Crippen molar-refractivity contribution in [1.82, 2.24) is 0 Å². The Morgan fingerprint density at radius 3 is 1.66 bits per heavy atom. The first-order chi connectivity index (χ1) is 24.3. The first-order valence-corrected chi connectivity index (χ1v) is 17.2. The molecule has 50 heavy (non-hydrogen) atoms. The highest BCUT2D eigenvalue weighted by Gasteiger charge is 2.49. The zero-order valence-corrected chi connectivity index (χ0v) is 29.8. The molecule has 0 saturated carbocycles. The van der Waals surface area contributed by atoms with Gasteiger partial charge in [0.15, 0.2) is 18.7 Å². The van der Waals surface area contributed by atoms with Gasteiger partial charge in [0.05, 0.1) is 30.9 Å². The van der Waals surface area contributed by atoms with Crippen molar-refractivity contribution in [2.45, 2.75) is 82.9 Å². The lowest BCUT2D eigenvalue weighted by molar-refractivity contribution is -0.327. The van der Waals surface area contributed by atoms with Gasteiger partial charge in [-0.25, -0.2) is 0 Å². The van der Waals surface area contributed by atoms with E-state index < -0.39 is 61.1 Å². The van der Waals surface area contributed by atoms with Crippen LogP contribution in [0.3, 0.4) is 0 Å². The van der Waals surface area contributed by atoms with E-state index in [0.29, 0.717) is 17.7 Å². The Bertz CT molecular complexity index is 1510. The lowest BCUT2D eigenvalue weighted by Gasteiger charge is -2.46. The van der Waals surface area contributed by atoms with Gasteiger partial charge >= 0.3 is 11.9 Å². The fourth-order valence-corrected chi connectivity index (χ4v) is 6.15. The van der Waals surface area contributed by atoms with Gasteiger partial charge in [-0.3, -0.25) is 9.59 Å². The number of carbonyl (C=O) groups is 2. The molecule has 2 heterocycles. The molecule has 268 valence electrons. The molecule has 8 unspecified atom stereocenters. The first kappa shape index (κ1) is 37.8. The van der Waals surface area contributed by atoms with Crippen LogP contribution in [0.1, 0.15) is 30.5 Å². The van der Waals surface area contributed by atoms with Crippen LogP contribution in [-0.2, 0) is 72.0 Å². The normalized spacial score (nSPS) is 26.5. The molecule has 5 rings (SSSR count). The van der Waals surface area contributed by atoms with E-state index in [-0.39, 0.29) is 19.8 Å². The summed E-state index contributed by atoms with van der Waals surface area (Å²) in [4.78, 5) is 23.4. The Morgan fingerprint density at radius 2 is 1.16 bits per heavy atom. The molecule has 0 spiro atoms. The molecule has 0 radical (unpaired) electrons. The maximum atomic E-state index is 11.8. The standard InChI is InChI=1S/C38H43BrO11/c1-25(40)43-23-32-31(48-26(2)41)19-30(39)37(49-32)47-24-33-34(44-20-27-13-7-4-8-14-27)35(45-21-28-15-9-5-10-16-28)36(38(42-3)50-33)46-22-29-17-11-6-12-18-29/h4-19,31-38H,20-24H2,1-3H3. The molecule has 1 fully saturated rings. The topological polar surface area (TPSA) is 117 Å². The summed E-state index contributed by atoms with van der Waals surface area (Å²) in [5.74, 6) is -1.00. The van der Waals surface area contributed by atoms with Crippen molar-refractivity contribution in [1.29, 1.82) is 0 Å². The van der Waals surface area contributed by atoms with Crippen LogP contribution in [0, 0.1) is 0 Å². The summed E-state index contributed by atoms with van der Waals surface area (Å²) in [6, 6.07) is 29.5. The monoisotopic (exact) mass is 754 g/mol. The van der Waals surface area contributed by atoms with Gasteiger partial charge in [0.2, 0.25) is 0 Å². The Labute approximate surface area is 300 Å². The molecule has 3 aromatic rings. The quantitative estimate of drug-likeness (QED) is 0.170. The van der Waals surface area contributed by atoms with E-state index in [2.05, 4.69) is 15.9 Å². The van der Waals surface area contributed by atoms with Gasteiger partial charge in [0, 0.05) is 21.0 Å². The van der Waals surface area contributed by atoms with Crippen LogP contribution >= 0.6 is 15.9 Å². The minimum Gasteiger partial charge on any atom is -0.463 e. The fourth-order valence-electron chi connectivity index (χ4n) is 5.65. The number of esters is 2. The summed E-state index contributed by atoms with van der Waals surface area (Å²) in [5, 5.41) is 0. The molecule has 8 atom stereocenters. The number of halogens is 1. The minimum absolute atomic E-state index is 0.0119. The average Bonchev–Trinajstić information content (AvgIpc) is 3.12. The second-order valence-electron chi connectivity index (χ2n) is 11.8. The van der Waals surface area contributed by atoms with Crippen molar-refractivity contribution < 1.29 is 52.2 Å². The van der Waals surface area contributed by atoms with Crippen LogP contribution in [-0.4, -0.2) is 81.5 Å². The van der Waals surface area contributed by atoms with E-state index in [1.165, 1.54) is 13.8 Å². The van der Waals surface area contributed by atoms with E-state index in [0.717, 1.165) is 16.7 Å². The second kappa shape index (κ2) is 19.2. The van der Waals surface area contributed by atoms with Crippen LogP contribution in [0.2, 0.25) is 0 Å². The average molecular weight is 756 g/mol. The summed E-state index contributed by atoms with van der Waals surface area (Å²) >= 11 is 3.51. The highest BCUT2D eigenvalue weighted by Crippen LogP contribution is 2.33. The predicted molar refractivity (Wildman–Crippen MR) is 185 cm³/mol. The van der Waals surface area contributed by atoms with Crippen LogP contribution in [0.4, 0.5) is 0 Å². The summed E-state index contributed by atoms with van der Waals surface area (Å²) in [5.41, 5.74) is 2.93. The van der Waals surface area contributed by atoms with Gasteiger partial charge in [-0.2, -0.15) is 0 Å². The maximum absolute atomic E-state index is 11.8. The smallest absolute Gasteiger partial charge is 0.303 e.